The maximum Gasteiger partial charge on any atom is 0.270 e. The highest BCUT2D eigenvalue weighted by Gasteiger charge is 2.24. The van der Waals surface area contributed by atoms with Crippen molar-refractivity contribution >= 4 is 16.8 Å². The van der Waals surface area contributed by atoms with Crippen molar-refractivity contribution in [1.82, 2.24) is 15.2 Å². The predicted molar refractivity (Wildman–Crippen MR) is 130 cm³/mol. The Morgan fingerprint density at radius 2 is 1.94 bits per heavy atom. The van der Waals surface area contributed by atoms with E-state index >= 15 is 0 Å². The van der Waals surface area contributed by atoms with E-state index in [1.165, 1.54) is 0 Å². The van der Waals surface area contributed by atoms with Crippen LogP contribution in [0.3, 0.4) is 0 Å². The summed E-state index contributed by atoms with van der Waals surface area (Å²) >= 11 is 0. The van der Waals surface area contributed by atoms with E-state index in [0.29, 0.717) is 36.3 Å². The lowest BCUT2D eigenvalue weighted by Crippen LogP contribution is -2.49. The van der Waals surface area contributed by atoms with Crippen LogP contribution in [-0.2, 0) is 14.2 Å². The molecule has 34 heavy (non-hydrogen) atoms. The number of carbonyl (C=O) groups is 1. The Labute approximate surface area is 201 Å². The molecule has 188 valence electrons. The number of likely N-dealkylation sites (tertiary alicyclic amines) is 1. The molecular weight excluding hydrogens is 438 g/mol. The molecule has 0 radical (unpaired) electrons. The normalized spacial score (nSPS) is 16.9. The molecule has 1 aliphatic rings. The maximum atomic E-state index is 13.2. The van der Waals surface area contributed by atoms with Gasteiger partial charge in [0.05, 0.1) is 6.61 Å². The van der Waals surface area contributed by atoms with E-state index in [9.17, 15) is 4.79 Å². The second-order valence-corrected chi connectivity index (χ2v) is 8.61. The van der Waals surface area contributed by atoms with Gasteiger partial charge in [0.2, 0.25) is 0 Å². The molecule has 1 saturated heterocycles. The third-order valence-electron chi connectivity index (χ3n) is 5.96. The van der Waals surface area contributed by atoms with Crippen molar-refractivity contribution in [3.8, 4) is 11.5 Å². The van der Waals surface area contributed by atoms with Gasteiger partial charge in [-0.1, -0.05) is 6.07 Å². The number of rotatable bonds is 12. The van der Waals surface area contributed by atoms with Crippen LogP contribution in [0, 0.1) is 0 Å². The molecule has 2 heterocycles. The summed E-state index contributed by atoms with van der Waals surface area (Å²) in [6.45, 7) is 7.20. The summed E-state index contributed by atoms with van der Waals surface area (Å²) in [7, 11) is 4.72. The molecule has 9 heteroatoms. The van der Waals surface area contributed by atoms with Crippen LogP contribution in [0.2, 0.25) is 0 Å². The number of pyridine rings is 1. The van der Waals surface area contributed by atoms with Crippen molar-refractivity contribution < 1.29 is 28.5 Å². The molecule has 0 spiro atoms. The van der Waals surface area contributed by atoms with Crippen molar-refractivity contribution in [3.63, 3.8) is 0 Å². The fourth-order valence-electron chi connectivity index (χ4n) is 4.02. The van der Waals surface area contributed by atoms with Crippen molar-refractivity contribution in [3.05, 3.63) is 30.0 Å². The van der Waals surface area contributed by atoms with Gasteiger partial charge in [-0.15, -0.1) is 0 Å². The van der Waals surface area contributed by atoms with E-state index in [1.54, 1.807) is 33.5 Å². The molecule has 1 aliphatic heterocycles. The molecule has 1 atom stereocenters. The molecule has 1 N–H and O–H groups in total. The Morgan fingerprint density at radius 3 is 2.65 bits per heavy atom. The topological polar surface area (TPSA) is 91.4 Å². The number of aromatic nitrogens is 1. The summed E-state index contributed by atoms with van der Waals surface area (Å²) < 4.78 is 27.5. The first kappa shape index (κ1) is 26.2. The number of nitrogens with zero attached hydrogens (tertiary/aromatic N) is 2. The fraction of sp³-hybridized carbons (Fsp3) is 0.600. The summed E-state index contributed by atoms with van der Waals surface area (Å²) in [6, 6.07) is 7.77. The van der Waals surface area contributed by atoms with Crippen molar-refractivity contribution in [2.24, 2.45) is 0 Å². The summed E-state index contributed by atoms with van der Waals surface area (Å²) in [5.41, 5.74) is 0.827. The van der Waals surface area contributed by atoms with Crippen LogP contribution in [0.4, 0.5) is 0 Å². The molecule has 0 unspecified atom stereocenters. The summed E-state index contributed by atoms with van der Waals surface area (Å²) in [5, 5.41) is 3.91. The van der Waals surface area contributed by atoms with Gasteiger partial charge in [0, 0.05) is 51.4 Å². The Balaban J connectivity index is 1.88. The zero-order chi connectivity index (χ0) is 24.5. The average molecular weight is 476 g/mol. The number of fused-ring (bicyclic) bond motifs is 1. The minimum Gasteiger partial charge on any atom is -0.490 e. The maximum absolute atomic E-state index is 13.2. The van der Waals surface area contributed by atoms with Gasteiger partial charge in [0.1, 0.15) is 35.9 Å². The first-order valence-corrected chi connectivity index (χ1v) is 11.8. The van der Waals surface area contributed by atoms with Gasteiger partial charge in [-0.2, -0.15) is 0 Å². The number of para-hydroxylation sites is 1. The molecular formula is C25H37N3O6. The van der Waals surface area contributed by atoms with E-state index in [4.69, 9.17) is 23.7 Å². The van der Waals surface area contributed by atoms with Crippen LogP contribution in [0.5, 0.6) is 11.5 Å². The lowest BCUT2D eigenvalue weighted by molar-refractivity contribution is -0.121. The summed E-state index contributed by atoms with van der Waals surface area (Å²) in [6.07, 6.45) is 1.48. The number of hydrogen-bond donors (Lipinski definition) is 1. The standard InChI is InChI=1S/C25H37N3O6/c1-17(2)28-11-7-8-18(15-28)26-25(29)20-14-22(33-13-12-30-3)19-9-6-10-21(24(19)27-20)34-16-23(31-4)32-5/h6,9-10,14,17-18,23H,7-8,11-13,15-16H2,1-5H3,(H,26,29)/t18-/m1/s1. The number of nitrogens with one attached hydrogen (secondary N) is 1. The van der Waals surface area contributed by atoms with Gasteiger partial charge in [0.15, 0.2) is 6.29 Å². The van der Waals surface area contributed by atoms with Gasteiger partial charge < -0.3 is 29.0 Å². The number of hydrogen-bond acceptors (Lipinski definition) is 8. The Kier molecular flexibility index (Phi) is 9.88. The number of benzene rings is 1. The minimum absolute atomic E-state index is 0.0784. The van der Waals surface area contributed by atoms with Crippen LogP contribution in [0.25, 0.3) is 10.9 Å². The van der Waals surface area contributed by atoms with Gasteiger partial charge in [-0.25, -0.2) is 4.98 Å². The third-order valence-corrected chi connectivity index (χ3v) is 5.96. The number of methoxy groups -OCH3 is 3. The average Bonchev–Trinajstić information content (AvgIpc) is 2.84. The molecule has 0 saturated carbocycles. The number of carbonyl (C=O) groups excluding carboxylic acids is 1. The molecule has 0 bridgehead atoms. The quantitative estimate of drug-likeness (QED) is 0.370. The molecule has 3 rings (SSSR count). The van der Waals surface area contributed by atoms with Crippen molar-refractivity contribution in [2.75, 3.05) is 54.2 Å². The Bertz CT molecular complexity index is 934. The molecule has 2 aromatic rings. The van der Waals surface area contributed by atoms with Crippen LogP contribution in [0.1, 0.15) is 37.2 Å². The van der Waals surface area contributed by atoms with Crippen LogP contribution in [-0.4, -0.2) is 88.4 Å². The largest absolute Gasteiger partial charge is 0.490 e. The first-order valence-electron chi connectivity index (χ1n) is 11.8. The molecule has 1 fully saturated rings. The second-order valence-electron chi connectivity index (χ2n) is 8.61. The third kappa shape index (κ3) is 6.79. The number of ether oxygens (including phenoxy) is 5. The summed E-state index contributed by atoms with van der Waals surface area (Å²) in [5.74, 6) is 0.849. The van der Waals surface area contributed by atoms with E-state index < -0.39 is 6.29 Å². The Morgan fingerprint density at radius 1 is 1.15 bits per heavy atom. The molecule has 0 aliphatic carbocycles. The van der Waals surface area contributed by atoms with Crippen LogP contribution < -0.4 is 14.8 Å². The molecule has 9 nitrogen and oxygen atoms in total. The van der Waals surface area contributed by atoms with Gasteiger partial charge >= 0.3 is 0 Å². The minimum atomic E-state index is -0.519. The Hall–Kier alpha value is -2.46. The van der Waals surface area contributed by atoms with Crippen molar-refractivity contribution in [1.29, 1.82) is 0 Å². The highest BCUT2D eigenvalue weighted by molar-refractivity contribution is 5.98. The van der Waals surface area contributed by atoms with Crippen molar-refractivity contribution in [2.45, 2.75) is 45.1 Å². The van der Waals surface area contributed by atoms with E-state index in [2.05, 4.69) is 29.0 Å². The second kappa shape index (κ2) is 12.9. The molecule has 1 aromatic heterocycles. The van der Waals surface area contributed by atoms with Crippen LogP contribution >= 0.6 is 0 Å². The van der Waals surface area contributed by atoms with Crippen LogP contribution in [0.15, 0.2) is 24.3 Å². The van der Waals surface area contributed by atoms with E-state index in [1.807, 2.05) is 12.1 Å². The zero-order valence-corrected chi connectivity index (χ0v) is 20.8. The highest BCUT2D eigenvalue weighted by Crippen LogP contribution is 2.32. The predicted octanol–water partition coefficient (Wildman–Crippen LogP) is 2.86. The van der Waals surface area contributed by atoms with Gasteiger partial charge in [-0.3, -0.25) is 9.69 Å². The summed E-state index contributed by atoms with van der Waals surface area (Å²) in [4.78, 5) is 20.3. The number of piperidine rings is 1. The number of amides is 1. The smallest absolute Gasteiger partial charge is 0.270 e. The monoisotopic (exact) mass is 475 g/mol. The first-order chi connectivity index (χ1) is 16.5. The van der Waals surface area contributed by atoms with E-state index in [-0.39, 0.29) is 24.2 Å². The van der Waals surface area contributed by atoms with Gasteiger partial charge in [-0.05, 0) is 45.4 Å². The fourth-order valence-corrected chi connectivity index (χ4v) is 4.02. The lowest BCUT2D eigenvalue weighted by Gasteiger charge is -2.35. The highest BCUT2D eigenvalue weighted by atomic mass is 16.7. The van der Waals surface area contributed by atoms with E-state index in [0.717, 1.165) is 31.3 Å². The van der Waals surface area contributed by atoms with Gasteiger partial charge in [0.25, 0.3) is 5.91 Å². The SMILES string of the molecule is COCCOc1cc(C(=O)N[C@@H]2CCCN(C(C)C)C2)nc2c(OCC(OC)OC)cccc12. The zero-order valence-electron chi connectivity index (χ0n) is 20.8. The molecule has 1 amide bonds. The lowest BCUT2D eigenvalue weighted by atomic mass is 10.0. The molecule has 1 aromatic carbocycles.